The predicted octanol–water partition coefficient (Wildman–Crippen LogP) is 15.7. The number of nitrogens with one attached hydrogen (secondary N) is 1. The summed E-state index contributed by atoms with van der Waals surface area (Å²) in [5.74, 6) is -0.203. The molecule has 9 nitrogen and oxygen atoms in total. The van der Waals surface area contributed by atoms with E-state index in [1.807, 2.05) is 6.08 Å². The fourth-order valence-electron chi connectivity index (χ4n) is 9.02. The zero-order valence-corrected chi connectivity index (χ0v) is 47.8. The molecule has 0 bridgehead atoms. The van der Waals surface area contributed by atoms with E-state index in [2.05, 4.69) is 116 Å². The number of aliphatic hydroxyl groups is 5. The molecule has 1 heterocycles. The topological polar surface area (TPSA) is 149 Å². The highest BCUT2D eigenvalue weighted by Crippen LogP contribution is 2.23. The molecule has 1 amide bonds. The van der Waals surface area contributed by atoms with Gasteiger partial charge < -0.3 is 40.3 Å². The van der Waals surface area contributed by atoms with E-state index in [0.717, 1.165) is 103 Å². The highest BCUT2D eigenvalue weighted by Gasteiger charge is 2.44. The normalized spacial score (nSPS) is 19.7. The molecule has 1 aliphatic heterocycles. The van der Waals surface area contributed by atoms with E-state index in [1.54, 1.807) is 6.08 Å². The molecule has 0 aromatic rings. The Hall–Kier alpha value is -3.15. The number of aliphatic hydroxyl groups excluding tert-OH is 5. The molecule has 0 aromatic carbocycles. The Kier molecular flexibility index (Phi) is 50.5. The number of hydrogen-bond donors (Lipinski definition) is 6. The van der Waals surface area contributed by atoms with Crippen molar-refractivity contribution < 1.29 is 39.8 Å². The quantitative estimate of drug-likeness (QED) is 0.0261. The Labute approximate surface area is 459 Å². The maximum absolute atomic E-state index is 13.1. The third-order valence-corrected chi connectivity index (χ3v) is 13.8. The minimum absolute atomic E-state index is 0.203. The molecule has 6 N–H and O–H groups in total. The van der Waals surface area contributed by atoms with Crippen molar-refractivity contribution in [1.29, 1.82) is 0 Å². The summed E-state index contributed by atoms with van der Waals surface area (Å²) >= 11 is 0. The van der Waals surface area contributed by atoms with Gasteiger partial charge in [-0.2, -0.15) is 0 Å². The SMILES string of the molecule is CC/C=C\C/C=C\C/C=C\C/C=C\C/C=C\C/C=C\CCCCCCCCCCC(=O)NC(COC1OC(CO)C(O)C(O)C1O)C(O)/C=C/CC/C=C/CC/C=C/CCCCCCCCCCCCCCCCC. The number of hydrogen-bond acceptors (Lipinski definition) is 8. The van der Waals surface area contributed by atoms with E-state index < -0.39 is 49.5 Å². The Balaban J connectivity index is 2.27. The number of ether oxygens (including phenoxy) is 2. The lowest BCUT2D eigenvalue weighted by atomic mass is 9.99. The smallest absolute Gasteiger partial charge is 0.220 e. The summed E-state index contributed by atoms with van der Waals surface area (Å²) in [6.07, 6.45) is 73.0. The van der Waals surface area contributed by atoms with Crippen molar-refractivity contribution >= 4 is 5.91 Å². The van der Waals surface area contributed by atoms with Crippen LogP contribution in [-0.4, -0.2) is 87.5 Å². The Morgan fingerprint density at radius 3 is 1.28 bits per heavy atom. The van der Waals surface area contributed by atoms with Crippen LogP contribution in [0, 0.1) is 0 Å². The Bertz CT molecular complexity index is 1540. The summed E-state index contributed by atoms with van der Waals surface area (Å²) in [5, 5.41) is 54.6. The molecule has 1 saturated heterocycles. The third kappa shape index (κ3) is 43.5. The molecule has 0 saturated carbocycles. The van der Waals surface area contributed by atoms with Gasteiger partial charge in [-0.1, -0.05) is 252 Å². The molecule has 430 valence electrons. The van der Waals surface area contributed by atoms with E-state index in [9.17, 15) is 30.3 Å². The molecule has 1 fully saturated rings. The molecule has 0 aromatic heterocycles. The molecule has 1 aliphatic rings. The highest BCUT2D eigenvalue weighted by atomic mass is 16.7. The molecule has 0 spiro atoms. The van der Waals surface area contributed by atoms with Crippen LogP contribution >= 0.6 is 0 Å². The molecule has 0 radical (unpaired) electrons. The van der Waals surface area contributed by atoms with Gasteiger partial charge in [0.05, 0.1) is 25.4 Å². The zero-order chi connectivity index (χ0) is 54.3. The molecule has 9 heteroatoms. The maximum atomic E-state index is 13.1. The van der Waals surface area contributed by atoms with Gasteiger partial charge in [-0.15, -0.1) is 0 Å². The lowest BCUT2D eigenvalue weighted by Crippen LogP contribution is -2.60. The van der Waals surface area contributed by atoms with Crippen molar-refractivity contribution in [2.75, 3.05) is 13.2 Å². The van der Waals surface area contributed by atoms with Crippen molar-refractivity contribution in [1.82, 2.24) is 5.32 Å². The summed E-state index contributed by atoms with van der Waals surface area (Å²) in [7, 11) is 0. The average molecular weight is 1050 g/mol. The number of carbonyl (C=O) groups is 1. The number of rotatable bonds is 51. The van der Waals surface area contributed by atoms with E-state index in [0.29, 0.717) is 6.42 Å². The molecule has 1 rings (SSSR count). The standard InChI is InChI=1S/C66H113NO8/c1-3-5-7-9-11-13-15-17-19-21-23-25-27-29-30-32-34-36-38-40-42-44-46-48-50-52-54-56-62(70)67-59(58-74-66-65(73)64(72)63(71)61(57-68)75-66)60(69)55-53-51-49-47-45-43-41-39-37-35-33-31-28-26-24-22-20-18-16-14-12-10-8-6-4-2/h5,7,11,13,17,19,23,25,29-30,34,36-37,39,45,47,53,55,59-61,63-66,68-69,71-73H,3-4,6,8-10,12,14-16,18,20-22,24,26-28,31-33,35,38,40-44,46,48-52,54,56-58H2,1-2H3,(H,67,70)/b7-5-,13-11-,19-17-,25-23-,30-29-,36-34-,39-37+,47-45+,55-53+. The van der Waals surface area contributed by atoms with E-state index in [1.165, 1.54) is 122 Å². The van der Waals surface area contributed by atoms with Crippen LogP contribution in [0.3, 0.4) is 0 Å². The van der Waals surface area contributed by atoms with Gasteiger partial charge in [0, 0.05) is 6.42 Å². The zero-order valence-electron chi connectivity index (χ0n) is 47.8. The van der Waals surface area contributed by atoms with Crippen LogP contribution in [-0.2, 0) is 14.3 Å². The highest BCUT2D eigenvalue weighted by molar-refractivity contribution is 5.76. The summed E-state index contributed by atoms with van der Waals surface area (Å²) in [4.78, 5) is 13.1. The van der Waals surface area contributed by atoms with Gasteiger partial charge in [-0.25, -0.2) is 0 Å². The molecular weight excluding hydrogens is 935 g/mol. The molecule has 75 heavy (non-hydrogen) atoms. The van der Waals surface area contributed by atoms with E-state index in [4.69, 9.17) is 9.47 Å². The van der Waals surface area contributed by atoms with Crippen LogP contribution < -0.4 is 5.32 Å². The van der Waals surface area contributed by atoms with Crippen LogP contribution in [0.25, 0.3) is 0 Å². The van der Waals surface area contributed by atoms with Gasteiger partial charge in [0.15, 0.2) is 6.29 Å². The monoisotopic (exact) mass is 1050 g/mol. The van der Waals surface area contributed by atoms with Crippen LogP contribution in [0.2, 0.25) is 0 Å². The van der Waals surface area contributed by atoms with Crippen LogP contribution in [0.15, 0.2) is 109 Å². The second-order valence-electron chi connectivity index (χ2n) is 20.7. The van der Waals surface area contributed by atoms with Crippen molar-refractivity contribution in [2.24, 2.45) is 0 Å². The molecule has 7 unspecified atom stereocenters. The first kappa shape index (κ1) is 69.9. The predicted molar refractivity (Wildman–Crippen MR) is 317 cm³/mol. The minimum Gasteiger partial charge on any atom is -0.394 e. The average Bonchev–Trinajstić information content (AvgIpc) is 3.41. The fraction of sp³-hybridized carbons (Fsp3) is 0.712. The van der Waals surface area contributed by atoms with Gasteiger partial charge in [0.25, 0.3) is 0 Å². The largest absolute Gasteiger partial charge is 0.394 e. The second kappa shape index (κ2) is 54.2. The number of carbonyl (C=O) groups excluding carboxylic acids is 1. The van der Waals surface area contributed by atoms with Crippen molar-refractivity contribution in [3.8, 4) is 0 Å². The van der Waals surface area contributed by atoms with Crippen LogP contribution in [0.4, 0.5) is 0 Å². The summed E-state index contributed by atoms with van der Waals surface area (Å²) in [6, 6.07) is -0.842. The summed E-state index contributed by atoms with van der Waals surface area (Å²) < 4.78 is 11.3. The lowest BCUT2D eigenvalue weighted by Gasteiger charge is -2.40. The first-order valence-corrected chi connectivity index (χ1v) is 30.6. The number of allylic oxidation sites excluding steroid dienone is 17. The van der Waals surface area contributed by atoms with Gasteiger partial charge >= 0.3 is 0 Å². The Morgan fingerprint density at radius 1 is 0.467 bits per heavy atom. The number of unbranched alkanes of at least 4 members (excludes halogenated alkanes) is 25. The molecule has 7 atom stereocenters. The third-order valence-electron chi connectivity index (χ3n) is 13.8. The maximum Gasteiger partial charge on any atom is 0.220 e. The van der Waals surface area contributed by atoms with E-state index >= 15 is 0 Å². The lowest BCUT2D eigenvalue weighted by molar-refractivity contribution is -0.302. The Morgan fingerprint density at radius 2 is 0.840 bits per heavy atom. The minimum atomic E-state index is -1.58. The van der Waals surface area contributed by atoms with Crippen molar-refractivity contribution in [2.45, 2.75) is 288 Å². The van der Waals surface area contributed by atoms with Crippen molar-refractivity contribution in [3.63, 3.8) is 0 Å². The van der Waals surface area contributed by atoms with Crippen molar-refractivity contribution in [3.05, 3.63) is 109 Å². The van der Waals surface area contributed by atoms with Gasteiger partial charge in [-0.3, -0.25) is 4.79 Å². The van der Waals surface area contributed by atoms with Crippen LogP contribution in [0.5, 0.6) is 0 Å². The van der Waals surface area contributed by atoms with Gasteiger partial charge in [-0.05, 0) is 96.3 Å². The van der Waals surface area contributed by atoms with Gasteiger partial charge in [0.2, 0.25) is 5.91 Å². The fourth-order valence-corrected chi connectivity index (χ4v) is 9.02. The second-order valence-corrected chi connectivity index (χ2v) is 20.7. The first-order chi connectivity index (χ1) is 36.8. The molecular formula is C66H113NO8. The molecule has 0 aliphatic carbocycles. The first-order valence-electron chi connectivity index (χ1n) is 30.6. The van der Waals surface area contributed by atoms with Crippen LogP contribution in [0.1, 0.15) is 245 Å². The summed E-state index contributed by atoms with van der Waals surface area (Å²) in [6.45, 7) is 3.65. The number of amides is 1. The van der Waals surface area contributed by atoms with E-state index in [-0.39, 0.29) is 12.5 Å². The van der Waals surface area contributed by atoms with Gasteiger partial charge in [0.1, 0.15) is 24.4 Å². The summed E-state index contributed by atoms with van der Waals surface area (Å²) in [5.41, 5.74) is 0.